The molecule has 1 aliphatic carbocycles. The molecule has 0 saturated heterocycles. The van der Waals surface area contributed by atoms with E-state index in [2.05, 4.69) is 25.6 Å². The molecule has 1 fully saturated rings. The minimum atomic E-state index is -5.10. The Morgan fingerprint density at radius 2 is 1.57 bits per heavy atom. The first-order valence-electron chi connectivity index (χ1n) is 12.6. The highest BCUT2D eigenvalue weighted by molar-refractivity contribution is 5.60. The summed E-state index contributed by atoms with van der Waals surface area (Å²) in [5.74, 6) is -0.767. The summed E-state index contributed by atoms with van der Waals surface area (Å²) in [6, 6.07) is 1.90. The number of rotatable bonds is 7. The van der Waals surface area contributed by atoms with E-state index in [0.717, 1.165) is 15.8 Å². The van der Waals surface area contributed by atoms with Gasteiger partial charge in [0.1, 0.15) is 0 Å². The fourth-order valence-corrected chi connectivity index (χ4v) is 5.01. The van der Waals surface area contributed by atoms with Crippen molar-refractivity contribution in [1.29, 1.82) is 0 Å². The Morgan fingerprint density at radius 1 is 0.929 bits per heavy atom. The summed E-state index contributed by atoms with van der Waals surface area (Å²) in [4.78, 5) is 6.23. The smallest absolute Gasteiger partial charge is 0.411 e. The zero-order valence-electron chi connectivity index (χ0n) is 21.8. The van der Waals surface area contributed by atoms with Crippen LogP contribution in [-0.2, 0) is 38.7 Å². The van der Waals surface area contributed by atoms with Crippen LogP contribution in [0.5, 0.6) is 0 Å². The first-order valence-corrected chi connectivity index (χ1v) is 12.6. The highest BCUT2D eigenvalue weighted by Crippen LogP contribution is 2.40. The molecule has 0 amide bonds. The van der Waals surface area contributed by atoms with E-state index in [9.17, 15) is 39.5 Å². The molecule has 1 aliphatic rings. The van der Waals surface area contributed by atoms with Crippen LogP contribution in [0.3, 0.4) is 0 Å². The van der Waals surface area contributed by atoms with Crippen LogP contribution in [0.15, 0.2) is 35.6 Å². The summed E-state index contributed by atoms with van der Waals surface area (Å²) in [6.07, 6.45) is -10.7. The second-order valence-electron chi connectivity index (χ2n) is 10.0. The molecule has 0 bridgehead atoms. The highest BCUT2D eigenvalue weighted by Gasteiger charge is 2.38. The van der Waals surface area contributed by atoms with E-state index < -0.39 is 53.9 Å². The van der Waals surface area contributed by atoms with Crippen LogP contribution in [0.4, 0.5) is 45.5 Å². The fourth-order valence-electron chi connectivity index (χ4n) is 5.01. The third kappa shape index (κ3) is 7.47. The van der Waals surface area contributed by atoms with Gasteiger partial charge in [0.2, 0.25) is 0 Å². The Kier molecular flexibility index (Phi) is 8.68. The maximum Gasteiger partial charge on any atom is 0.417 e. The van der Waals surface area contributed by atoms with Crippen molar-refractivity contribution in [3.8, 4) is 0 Å². The van der Waals surface area contributed by atoms with Gasteiger partial charge in [0, 0.05) is 37.1 Å². The molecule has 8 nitrogen and oxygen atoms in total. The van der Waals surface area contributed by atoms with Crippen molar-refractivity contribution in [3.05, 3.63) is 64.0 Å². The van der Waals surface area contributed by atoms with Crippen molar-refractivity contribution in [2.75, 3.05) is 4.90 Å². The van der Waals surface area contributed by atoms with Crippen molar-refractivity contribution >= 4 is 12.2 Å². The summed E-state index contributed by atoms with van der Waals surface area (Å²) >= 11 is 0. The maximum absolute atomic E-state index is 13.7. The van der Waals surface area contributed by atoms with Crippen molar-refractivity contribution in [3.63, 3.8) is 0 Å². The number of nitrogens with zero attached hydrogens (tertiary/aromatic N) is 7. The van der Waals surface area contributed by atoms with Gasteiger partial charge in [0.15, 0.2) is 0 Å². The molecule has 1 aromatic carbocycles. The number of aromatic nitrogens is 5. The Hall–Kier alpha value is -3.92. The van der Waals surface area contributed by atoms with Crippen LogP contribution < -0.4 is 4.90 Å². The summed E-state index contributed by atoms with van der Waals surface area (Å²) < 4.78 is 122. The monoisotopic (exact) mass is 609 g/mol. The molecule has 0 aliphatic heterocycles. The highest BCUT2D eigenvalue weighted by atomic mass is 19.4. The molecule has 1 saturated carbocycles. The van der Waals surface area contributed by atoms with E-state index in [1.165, 1.54) is 13.3 Å². The van der Waals surface area contributed by atoms with Crippen molar-refractivity contribution in [1.82, 2.24) is 25.2 Å². The first kappa shape index (κ1) is 31.0. The number of hydrogen-bond donors (Lipinski definition) is 1. The van der Waals surface area contributed by atoms with Crippen molar-refractivity contribution in [2.24, 2.45) is 18.1 Å². The molecule has 42 heavy (non-hydrogen) atoms. The quantitative estimate of drug-likeness (QED) is 0.141. The number of anilines is 1. The number of alkyl halides is 9. The number of oxime groups is 1. The number of aryl methyl sites for hydroxylation is 1. The van der Waals surface area contributed by atoms with Gasteiger partial charge in [0.05, 0.1) is 23.7 Å². The average Bonchev–Trinajstić information content (AvgIpc) is 3.33. The van der Waals surface area contributed by atoms with Crippen molar-refractivity contribution in [2.45, 2.75) is 63.2 Å². The van der Waals surface area contributed by atoms with Gasteiger partial charge >= 0.3 is 18.5 Å². The Bertz CT molecular complexity index is 1380. The van der Waals surface area contributed by atoms with Crippen LogP contribution in [0.25, 0.3) is 0 Å². The molecule has 2 aromatic heterocycles. The number of halogens is 9. The minimum absolute atomic E-state index is 0.0155. The van der Waals surface area contributed by atoms with Gasteiger partial charge in [-0.1, -0.05) is 11.5 Å². The Balaban J connectivity index is 1.79. The van der Waals surface area contributed by atoms with E-state index in [4.69, 9.17) is 5.21 Å². The van der Waals surface area contributed by atoms with Gasteiger partial charge in [-0.3, -0.25) is 4.98 Å². The second kappa shape index (κ2) is 11.8. The normalized spacial score (nSPS) is 18.5. The lowest BCUT2D eigenvalue weighted by atomic mass is 9.79. The maximum atomic E-state index is 13.7. The minimum Gasteiger partial charge on any atom is -0.411 e. The number of hydrogen-bond acceptors (Lipinski definition) is 7. The molecular formula is C25H24F9N7O. The fraction of sp³-hybridized carbons (Fsp3) is 0.480. The van der Waals surface area contributed by atoms with Gasteiger partial charge in [0.25, 0.3) is 5.95 Å². The van der Waals surface area contributed by atoms with Gasteiger partial charge in [-0.2, -0.15) is 44.3 Å². The van der Waals surface area contributed by atoms with E-state index in [-0.39, 0.29) is 35.1 Å². The van der Waals surface area contributed by atoms with E-state index >= 15 is 0 Å². The summed E-state index contributed by atoms with van der Waals surface area (Å²) in [7, 11) is 1.36. The van der Waals surface area contributed by atoms with E-state index in [1.807, 2.05) is 0 Å². The van der Waals surface area contributed by atoms with Crippen LogP contribution in [0.2, 0.25) is 0 Å². The number of benzene rings is 1. The number of pyridine rings is 1. The molecule has 17 heteroatoms. The topological polar surface area (TPSA) is 92.3 Å². The van der Waals surface area contributed by atoms with Crippen LogP contribution >= 0.6 is 0 Å². The molecule has 228 valence electrons. The second-order valence-corrected chi connectivity index (χ2v) is 10.0. The van der Waals surface area contributed by atoms with Crippen LogP contribution in [0, 0.1) is 5.92 Å². The molecule has 2 atom stereocenters. The Labute approximate surface area is 232 Å². The van der Waals surface area contributed by atoms with Crippen LogP contribution in [0.1, 0.15) is 65.1 Å². The Morgan fingerprint density at radius 3 is 2.12 bits per heavy atom. The third-order valence-corrected chi connectivity index (χ3v) is 6.87. The van der Waals surface area contributed by atoms with Gasteiger partial charge in [-0.05, 0) is 65.8 Å². The predicted octanol–water partition coefficient (Wildman–Crippen LogP) is 6.60. The standard InChI is InChI=1S/C25H24F9N7O/c1-40-38-22(37-39-40)41(12-15-6-18(23(26,27)28)9-19(7-15)24(29,30)31)13-17-8-20(25(32,33)34)11-35-21(17)16-4-2-3-14(5-16)10-36-42/h6-11,14,16,42H,2-5,12-13H2,1H3/t14-,16?/m1/s1. The summed E-state index contributed by atoms with van der Waals surface area (Å²) in [5.41, 5.74) is -4.29. The molecular weight excluding hydrogens is 585 g/mol. The van der Waals surface area contributed by atoms with E-state index in [1.54, 1.807) is 0 Å². The van der Waals surface area contributed by atoms with Gasteiger partial charge < -0.3 is 10.1 Å². The largest absolute Gasteiger partial charge is 0.417 e. The van der Waals surface area contributed by atoms with Crippen molar-refractivity contribution < 1.29 is 44.7 Å². The van der Waals surface area contributed by atoms with Gasteiger partial charge in [-0.15, -0.1) is 10.3 Å². The molecule has 0 spiro atoms. The third-order valence-electron chi connectivity index (χ3n) is 6.87. The first-order chi connectivity index (χ1) is 19.5. The molecule has 2 heterocycles. The molecule has 1 N–H and O–H groups in total. The predicted molar refractivity (Wildman–Crippen MR) is 129 cm³/mol. The zero-order valence-corrected chi connectivity index (χ0v) is 21.8. The van der Waals surface area contributed by atoms with E-state index in [0.29, 0.717) is 44.0 Å². The lowest BCUT2D eigenvalue weighted by Gasteiger charge is -2.29. The molecule has 3 aromatic rings. The summed E-state index contributed by atoms with van der Waals surface area (Å²) in [5, 5.41) is 23.4. The lowest BCUT2D eigenvalue weighted by molar-refractivity contribution is -0.143. The molecule has 0 radical (unpaired) electrons. The van der Waals surface area contributed by atoms with Gasteiger partial charge in [-0.25, -0.2) is 0 Å². The average molecular weight is 609 g/mol. The zero-order chi connectivity index (χ0) is 30.9. The summed E-state index contributed by atoms with van der Waals surface area (Å²) in [6.45, 7) is -1.07. The molecule has 1 unspecified atom stereocenters. The number of tetrazole rings is 1. The SMILES string of the molecule is Cn1nnc(N(Cc2cc(C(F)(F)F)cc(C(F)(F)F)c2)Cc2cc(C(F)(F)F)cnc2C2CCC[C@@H](C=NO)C2)n1. The lowest BCUT2D eigenvalue weighted by Crippen LogP contribution is -2.27. The van der Waals surface area contributed by atoms with Crippen LogP contribution in [-0.4, -0.2) is 36.6 Å². The molecule has 4 rings (SSSR count).